The molecule has 0 bridgehead atoms. The second-order valence-electron chi connectivity index (χ2n) is 7.57. The highest BCUT2D eigenvalue weighted by Crippen LogP contribution is 2.27. The molecule has 5 aromatic rings. The monoisotopic (exact) mass is 447 g/mol. The number of aromatic nitrogens is 4. The Morgan fingerprint density at radius 2 is 1.79 bits per heavy atom. The molecule has 1 N–H and O–H groups in total. The maximum Gasteiger partial charge on any atom is 0.256 e. The number of ether oxygens (including phenoxy) is 1. The molecule has 0 spiro atoms. The van der Waals surface area contributed by atoms with Crippen molar-refractivity contribution in [3.63, 3.8) is 0 Å². The molecule has 0 fully saturated rings. The van der Waals surface area contributed by atoms with Gasteiger partial charge in [0, 0.05) is 42.1 Å². The molecule has 166 valence electrons. The van der Waals surface area contributed by atoms with Crippen molar-refractivity contribution in [2.24, 2.45) is 0 Å². The normalized spacial score (nSPS) is 10.6. The van der Waals surface area contributed by atoms with Crippen LogP contribution in [0.1, 0.15) is 15.9 Å². The van der Waals surface area contributed by atoms with Crippen molar-refractivity contribution in [2.75, 3.05) is 5.32 Å². The highest BCUT2D eigenvalue weighted by Gasteiger charge is 2.13. The van der Waals surface area contributed by atoms with E-state index in [0.29, 0.717) is 29.4 Å². The van der Waals surface area contributed by atoms with Gasteiger partial charge in [-0.05, 0) is 41.0 Å². The minimum absolute atomic E-state index is 0.201. The summed E-state index contributed by atoms with van der Waals surface area (Å²) < 4.78 is 7.59. The summed E-state index contributed by atoms with van der Waals surface area (Å²) in [6.07, 6.45) is 8.36. The summed E-state index contributed by atoms with van der Waals surface area (Å²) in [7, 11) is 0. The topological polar surface area (TPSA) is 81.9 Å². The van der Waals surface area contributed by atoms with E-state index in [1.165, 1.54) is 6.20 Å². The summed E-state index contributed by atoms with van der Waals surface area (Å²) in [6, 6.07) is 24.8. The minimum Gasteiger partial charge on any atom is -0.437 e. The Bertz CT molecular complexity index is 1380. The van der Waals surface area contributed by atoms with Gasteiger partial charge >= 0.3 is 0 Å². The lowest BCUT2D eigenvalue weighted by Crippen LogP contribution is -2.13. The number of nitrogens with zero attached hydrogens (tertiary/aromatic N) is 4. The van der Waals surface area contributed by atoms with E-state index in [4.69, 9.17) is 4.74 Å². The van der Waals surface area contributed by atoms with Gasteiger partial charge < -0.3 is 10.1 Å². The first-order chi connectivity index (χ1) is 16.7. The molecule has 0 aliphatic carbocycles. The van der Waals surface area contributed by atoms with Gasteiger partial charge in [-0.3, -0.25) is 14.5 Å². The van der Waals surface area contributed by atoms with Crippen LogP contribution in [0.4, 0.5) is 5.69 Å². The van der Waals surface area contributed by atoms with Gasteiger partial charge in [0.2, 0.25) is 5.88 Å². The SMILES string of the molecule is O=C(Nc1cccc(Oc2cnccn2)c1)c1ccccc1-c1ccc(Cn2cccn2)cc1. The van der Waals surface area contributed by atoms with Crippen LogP contribution in [0, 0.1) is 0 Å². The molecule has 7 nitrogen and oxygen atoms in total. The zero-order valence-corrected chi connectivity index (χ0v) is 18.2. The van der Waals surface area contributed by atoms with E-state index >= 15 is 0 Å². The quantitative estimate of drug-likeness (QED) is 0.360. The summed E-state index contributed by atoms with van der Waals surface area (Å²) in [5.41, 5.74) is 4.17. The van der Waals surface area contributed by atoms with Gasteiger partial charge in [0.25, 0.3) is 5.91 Å². The second-order valence-corrected chi connectivity index (χ2v) is 7.57. The average Bonchev–Trinajstić information content (AvgIpc) is 3.38. The van der Waals surface area contributed by atoms with E-state index in [0.717, 1.165) is 16.7 Å². The number of carbonyl (C=O) groups is 1. The number of amides is 1. The van der Waals surface area contributed by atoms with E-state index in [2.05, 4.69) is 32.5 Å². The first-order valence-corrected chi connectivity index (χ1v) is 10.8. The van der Waals surface area contributed by atoms with Crippen LogP contribution in [0.25, 0.3) is 11.1 Å². The molecule has 0 saturated heterocycles. The van der Waals surface area contributed by atoms with Crippen LogP contribution < -0.4 is 10.1 Å². The van der Waals surface area contributed by atoms with Crippen molar-refractivity contribution >= 4 is 11.6 Å². The smallest absolute Gasteiger partial charge is 0.256 e. The highest BCUT2D eigenvalue weighted by atomic mass is 16.5. The van der Waals surface area contributed by atoms with Crippen LogP contribution in [0.5, 0.6) is 11.6 Å². The Balaban J connectivity index is 1.33. The summed E-state index contributed by atoms with van der Waals surface area (Å²) in [5.74, 6) is 0.736. The van der Waals surface area contributed by atoms with Gasteiger partial charge in [-0.15, -0.1) is 0 Å². The van der Waals surface area contributed by atoms with Crippen LogP contribution in [0.15, 0.2) is 110 Å². The third kappa shape index (κ3) is 4.99. The standard InChI is InChI=1S/C27H21N5O2/c33-27(31-22-5-3-6-23(17-22)34-26-18-28-14-15-29-26)25-8-2-1-7-24(25)21-11-9-20(10-12-21)19-32-16-4-13-30-32/h1-18H,19H2,(H,31,33). The van der Waals surface area contributed by atoms with Gasteiger partial charge in [-0.25, -0.2) is 4.98 Å². The molecule has 2 heterocycles. The van der Waals surface area contributed by atoms with E-state index in [1.54, 1.807) is 30.7 Å². The lowest BCUT2D eigenvalue weighted by atomic mass is 9.98. The number of nitrogens with one attached hydrogen (secondary N) is 1. The first kappa shape index (κ1) is 21.1. The molecular formula is C27H21N5O2. The van der Waals surface area contributed by atoms with Crippen molar-refractivity contribution in [1.29, 1.82) is 0 Å². The molecule has 0 atom stereocenters. The molecule has 0 aliphatic heterocycles. The van der Waals surface area contributed by atoms with E-state index in [9.17, 15) is 4.79 Å². The Labute approximate surface area is 196 Å². The minimum atomic E-state index is -0.201. The Kier molecular flexibility index (Phi) is 6.07. The number of hydrogen-bond donors (Lipinski definition) is 1. The molecule has 7 heteroatoms. The number of anilines is 1. The molecule has 0 aliphatic rings. The average molecular weight is 447 g/mol. The zero-order valence-electron chi connectivity index (χ0n) is 18.2. The van der Waals surface area contributed by atoms with Gasteiger partial charge in [0.05, 0.1) is 12.7 Å². The van der Waals surface area contributed by atoms with Crippen LogP contribution >= 0.6 is 0 Å². The van der Waals surface area contributed by atoms with Gasteiger partial charge in [0.15, 0.2) is 0 Å². The Hall–Kier alpha value is -4.78. The maximum atomic E-state index is 13.2. The fraction of sp³-hybridized carbons (Fsp3) is 0.0370. The molecular weight excluding hydrogens is 426 g/mol. The fourth-order valence-electron chi connectivity index (χ4n) is 3.60. The van der Waals surface area contributed by atoms with E-state index < -0.39 is 0 Å². The lowest BCUT2D eigenvalue weighted by Gasteiger charge is -2.12. The molecule has 0 saturated carbocycles. The maximum absolute atomic E-state index is 13.2. The van der Waals surface area contributed by atoms with Gasteiger partial charge in [-0.2, -0.15) is 5.10 Å². The van der Waals surface area contributed by atoms with Crippen molar-refractivity contribution in [3.8, 4) is 22.8 Å². The summed E-state index contributed by atoms with van der Waals surface area (Å²) >= 11 is 0. The number of benzene rings is 3. The zero-order chi connectivity index (χ0) is 23.2. The first-order valence-electron chi connectivity index (χ1n) is 10.8. The van der Waals surface area contributed by atoms with E-state index in [1.807, 2.05) is 65.5 Å². The Morgan fingerprint density at radius 1 is 0.912 bits per heavy atom. The van der Waals surface area contributed by atoms with Gasteiger partial charge in [-0.1, -0.05) is 48.5 Å². The molecule has 3 aromatic carbocycles. The molecule has 0 radical (unpaired) electrons. The van der Waals surface area contributed by atoms with Crippen LogP contribution in [-0.4, -0.2) is 25.7 Å². The number of rotatable bonds is 7. The lowest BCUT2D eigenvalue weighted by molar-refractivity contribution is 0.102. The number of hydrogen-bond acceptors (Lipinski definition) is 5. The molecule has 5 rings (SSSR count). The molecule has 2 aromatic heterocycles. The van der Waals surface area contributed by atoms with Crippen molar-refractivity contribution in [1.82, 2.24) is 19.7 Å². The third-order valence-corrected chi connectivity index (χ3v) is 5.19. The summed E-state index contributed by atoms with van der Waals surface area (Å²) in [4.78, 5) is 21.3. The largest absolute Gasteiger partial charge is 0.437 e. The predicted octanol–water partition coefficient (Wildman–Crippen LogP) is 5.43. The molecule has 34 heavy (non-hydrogen) atoms. The second kappa shape index (κ2) is 9.79. The van der Waals surface area contributed by atoms with Crippen molar-refractivity contribution in [2.45, 2.75) is 6.54 Å². The predicted molar refractivity (Wildman–Crippen MR) is 130 cm³/mol. The van der Waals surface area contributed by atoms with Crippen molar-refractivity contribution < 1.29 is 9.53 Å². The molecule has 1 amide bonds. The van der Waals surface area contributed by atoms with Gasteiger partial charge in [0.1, 0.15) is 5.75 Å². The highest BCUT2D eigenvalue weighted by molar-refractivity contribution is 6.08. The van der Waals surface area contributed by atoms with Crippen molar-refractivity contribution in [3.05, 3.63) is 121 Å². The Morgan fingerprint density at radius 3 is 2.59 bits per heavy atom. The molecule has 0 unspecified atom stereocenters. The number of carbonyl (C=O) groups excluding carboxylic acids is 1. The van der Waals surface area contributed by atoms with Crippen LogP contribution in [0.3, 0.4) is 0 Å². The van der Waals surface area contributed by atoms with E-state index in [-0.39, 0.29) is 5.91 Å². The summed E-state index contributed by atoms with van der Waals surface area (Å²) in [6.45, 7) is 0.697. The van der Waals surface area contributed by atoms with Crippen LogP contribution in [0.2, 0.25) is 0 Å². The fourth-order valence-corrected chi connectivity index (χ4v) is 3.60. The summed E-state index contributed by atoms with van der Waals surface area (Å²) in [5, 5.41) is 7.22. The van der Waals surface area contributed by atoms with Crippen LogP contribution in [-0.2, 0) is 6.54 Å². The third-order valence-electron chi connectivity index (χ3n) is 5.19.